The highest BCUT2D eigenvalue weighted by Gasteiger charge is 2.34. The maximum atomic E-state index is 4.16. The van der Waals surface area contributed by atoms with E-state index in [1.165, 1.54) is 36.1 Å². The van der Waals surface area contributed by atoms with Gasteiger partial charge in [0.15, 0.2) is 0 Å². The molecule has 2 nitrogen and oxygen atoms in total. The number of aromatic amines is 1. The van der Waals surface area contributed by atoms with Crippen LogP contribution in [0.25, 0.3) is 0 Å². The summed E-state index contributed by atoms with van der Waals surface area (Å²) in [5, 5.41) is 0. The molecule has 1 heterocycles. The van der Waals surface area contributed by atoms with E-state index in [9.17, 15) is 0 Å². The van der Waals surface area contributed by atoms with Gasteiger partial charge in [-0.3, -0.25) is 0 Å². The molecule has 3 rings (SSSR count). The molecule has 16 heavy (non-hydrogen) atoms. The Morgan fingerprint density at radius 1 is 1.31 bits per heavy atom. The summed E-state index contributed by atoms with van der Waals surface area (Å²) in [5.41, 5.74) is 4.31. The molecule has 2 aromatic rings. The number of benzene rings is 1. The second-order valence-corrected chi connectivity index (χ2v) is 4.81. The lowest BCUT2D eigenvalue weighted by Gasteiger charge is -2.35. The van der Waals surface area contributed by atoms with Crippen LogP contribution < -0.4 is 0 Å². The summed E-state index contributed by atoms with van der Waals surface area (Å²) in [7, 11) is 0. The summed E-state index contributed by atoms with van der Waals surface area (Å²) in [4.78, 5) is 7.44. The van der Waals surface area contributed by atoms with Crippen molar-refractivity contribution in [3.05, 3.63) is 53.6 Å². The maximum Gasteiger partial charge on any atom is 0.0922 e. The standard InChI is InChI=1S/C14H16N2/c1-14(13-9-15-10-16-13)8-4-6-11-5-2-3-7-12(11)14/h2-3,5,7,9-10H,4,6,8H2,1H3,(H,15,16). The van der Waals surface area contributed by atoms with E-state index in [-0.39, 0.29) is 5.41 Å². The Kier molecular flexibility index (Phi) is 2.10. The first-order valence-electron chi connectivity index (χ1n) is 5.88. The highest BCUT2D eigenvalue weighted by molar-refractivity contribution is 5.42. The molecule has 1 unspecified atom stereocenters. The van der Waals surface area contributed by atoms with Gasteiger partial charge in [-0.15, -0.1) is 0 Å². The van der Waals surface area contributed by atoms with Crippen molar-refractivity contribution in [2.24, 2.45) is 0 Å². The minimum atomic E-state index is 0.116. The van der Waals surface area contributed by atoms with Crippen molar-refractivity contribution >= 4 is 0 Å². The Morgan fingerprint density at radius 3 is 3.00 bits per heavy atom. The Hall–Kier alpha value is -1.57. The molecule has 1 aliphatic carbocycles. The van der Waals surface area contributed by atoms with Gasteiger partial charge in [0.25, 0.3) is 0 Å². The fourth-order valence-corrected chi connectivity index (χ4v) is 2.88. The van der Waals surface area contributed by atoms with Crippen LogP contribution in [0.15, 0.2) is 36.8 Å². The van der Waals surface area contributed by atoms with Crippen molar-refractivity contribution < 1.29 is 0 Å². The largest absolute Gasteiger partial charge is 0.348 e. The van der Waals surface area contributed by atoms with Crippen LogP contribution in [0.3, 0.4) is 0 Å². The third-order valence-electron chi connectivity index (χ3n) is 3.83. The summed E-state index contributed by atoms with van der Waals surface area (Å²) in [6.07, 6.45) is 7.40. The first-order valence-corrected chi connectivity index (χ1v) is 5.88. The number of H-pyrrole nitrogens is 1. The summed E-state index contributed by atoms with van der Waals surface area (Å²) < 4.78 is 0. The van der Waals surface area contributed by atoms with Crippen molar-refractivity contribution in [1.29, 1.82) is 0 Å². The Morgan fingerprint density at radius 2 is 2.19 bits per heavy atom. The molecule has 0 bridgehead atoms. The van der Waals surface area contributed by atoms with Gasteiger partial charge in [-0.25, -0.2) is 4.98 Å². The predicted molar refractivity (Wildman–Crippen MR) is 64.4 cm³/mol. The van der Waals surface area contributed by atoms with Crippen molar-refractivity contribution in [1.82, 2.24) is 9.97 Å². The second-order valence-electron chi connectivity index (χ2n) is 4.81. The Balaban J connectivity index is 2.17. The summed E-state index contributed by atoms with van der Waals surface area (Å²) in [6.45, 7) is 2.32. The number of rotatable bonds is 1. The van der Waals surface area contributed by atoms with E-state index in [2.05, 4.69) is 41.2 Å². The molecule has 0 aliphatic heterocycles. The number of aryl methyl sites for hydroxylation is 1. The van der Waals surface area contributed by atoms with Gasteiger partial charge in [-0.1, -0.05) is 24.3 Å². The first kappa shape index (κ1) is 9.64. The minimum absolute atomic E-state index is 0.116. The first-order chi connectivity index (χ1) is 7.81. The van der Waals surface area contributed by atoms with Crippen molar-refractivity contribution in [2.75, 3.05) is 0 Å². The molecule has 0 amide bonds. The normalized spacial score (nSPS) is 24.1. The lowest BCUT2D eigenvalue weighted by atomic mass is 9.69. The number of fused-ring (bicyclic) bond motifs is 1. The molecule has 1 aromatic heterocycles. The fourth-order valence-electron chi connectivity index (χ4n) is 2.88. The van der Waals surface area contributed by atoms with Crippen molar-refractivity contribution in [2.45, 2.75) is 31.6 Å². The highest BCUT2D eigenvalue weighted by Crippen LogP contribution is 2.41. The molecule has 1 aliphatic rings. The molecular weight excluding hydrogens is 196 g/mol. The van der Waals surface area contributed by atoms with Crippen LogP contribution in [0, 0.1) is 0 Å². The molecule has 1 atom stereocenters. The lowest BCUT2D eigenvalue weighted by Crippen LogP contribution is -2.29. The van der Waals surface area contributed by atoms with Gasteiger partial charge < -0.3 is 4.98 Å². The van der Waals surface area contributed by atoms with E-state index in [1.807, 2.05) is 6.20 Å². The number of hydrogen-bond acceptors (Lipinski definition) is 1. The maximum absolute atomic E-state index is 4.16. The summed E-state index contributed by atoms with van der Waals surface area (Å²) >= 11 is 0. The van der Waals surface area contributed by atoms with E-state index >= 15 is 0 Å². The molecule has 0 spiro atoms. The van der Waals surface area contributed by atoms with Gasteiger partial charge in [0.2, 0.25) is 0 Å². The molecule has 0 fully saturated rings. The monoisotopic (exact) mass is 212 g/mol. The molecule has 1 aromatic carbocycles. The molecule has 0 saturated carbocycles. The van der Waals surface area contributed by atoms with E-state index in [1.54, 1.807) is 6.33 Å². The fraction of sp³-hybridized carbons (Fsp3) is 0.357. The van der Waals surface area contributed by atoms with E-state index in [0.29, 0.717) is 0 Å². The molecule has 1 N–H and O–H groups in total. The van der Waals surface area contributed by atoms with Gasteiger partial charge >= 0.3 is 0 Å². The lowest BCUT2D eigenvalue weighted by molar-refractivity contribution is 0.455. The zero-order valence-corrected chi connectivity index (χ0v) is 9.53. The van der Waals surface area contributed by atoms with Crippen LogP contribution in [0.1, 0.15) is 36.6 Å². The summed E-state index contributed by atoms with van der Waals surface area (Å²) in [6, 6.07) is 8.79. The molecule has 0 saturated heterocycles. The minimum Gasteiger partial charge on any atom is -0.348 e. The third-order valence-corrected chi connectivity index (χ3v) is 3.83. The van der Waals surface area contributed by atoms with Crippen molar-refractivity contribution in [3.63, 3.8) is 0 Å². The zero-order chi connectivity index (χ0) is 11.0. The van der Waals surface area contributed by atoms with E-state index in [0.717, 1.165) is 0 Å². The zero-order valence-electron chi connectivity index (χ0n) is 9.53. The Bertz CT molecular complexity index is 487. The van der Waals surface area contributed by atoms with Crippen LogP contribution in [0.4, 0.5) is 0 Å². The number of imidazole rings is 1. The van der Waals surface area contributed by atoms with E-state index in [4.69, 9.17) is 0 Å². The van der Waals surface area contributed by atoms with Gasteiger partial charge in [-0.05, 0) is 37.3 Å². The second kappa shape index (κ2) is 3.48. The van der Waals surface area contributed by atoms with Gasteiger partial charge in [0.05, 0.1) is 6.33 Å². The average Bonchev–Trinajstić information content (AvgIpc) is 2.84. The van der Waals surface area contributed by atoms with Crippen LogP contribution in [-0.2, 0) is 11.8 Å². The van der Waals surface area contributed by atoms with E-state index < -0.39 is 0 Å². The quantitative estimate of drug-likeness (QED) is 0.773. The third kappa shape index (κ3) is 1.29. The highest BCUT2D eigenvalue weighted by atomic mass is 14.9. The smallest absolute Gasteiger partial charge is 0.0922 e. The topological polar surface area (TPSA) is 28.7 Å². The van der Waals surface area contributed by atoms with Gasteiger partial charge in [-0.2, -0.15) is 0 Å². The molecular formula is C14H16N2. The van der Waals surface area contributed by atoms with Gasteiger partial charge in [0, 0.05) is 17.3 Å². The molecule has 2 heteroatoms. The summed E-state index contributed by atoms with van der Waals surface area (Å²) in [5.74, 6) is 0. The molecule has 0 radical (unpaired) electrons. The van der Waals surface area contributed by atoms with Crippen LogP contribution >= 0.6 is 0 Å². The average molecular weight is 212 g/mol. The van der Waals surface area contributed by atoms with Crippen LogP contribution in [-0.4, -0.2) is 9.97 Å². The van der Waals surface area contributed by atoms with Crippen molar-refractivity contribution in [3.8, 4) is 0 Å². The SMILES string of the molecule is CC1(c2cnc[nH]2)CCCc2ccccc21. The number of nitrogens with one attached hydrogen (secondary N) is 1. The van der Waals surface area contributed by atoms with Crippen LogP contribution in [0.5, 0.6) is 0 Å². The number of aromatic nitrogens is 2. The van der Waals surface area contributed by atoms with Gasteiger partial charge in [0.1, 0.15) is 0 Å². The number of hydrogen-bond donors (Lipinski definition) is 1. The molecule has 82 valence electrons. The van der Waals surface area contributed by atoms with Crippen LogP contribution in [0.2, 0.25) is 0 Å². The Labute approximate surface area is 95.7 Å². The number of nitrogens with zero attached hydrogens (tertiary/aromatic N) is 1. The predicted octanol–water partition coefficient (Wildman–Crippen LogP) is 3.05.